The minimum Gasteiger partial charge on any atom is -0.240 e. The summed E-state index contributed by atoms with van der Waals surface area (Å²) in [5.74, 6) is 0. The molecule has 0 aliphatic carbocycles. The summed E-state index contributed by atoms with van der Waals surface area (Å²) in [6.45, 7) is 0.624. The van der Waals surface area contributed by atoms with Crippen LogP contribution in [-0.4, -0.2) is 7.05 Å². The first kappa shape index (κ1) is 8.85. The molecule has 0 saturated heterocycles. The van der Waals surface area contributed by atoms with Gasteiger partial charge in [-0.25, -0.2) is 5.32 Å². The van der Waals surface area contributed by atoms with E-state index in [1.165, 1.54) is 0 Å². The van der Waals surface area contributed by atoms with E-state index in [2.05, 4.69) is 5.32 Å². The van der Waals surface area contributed by atoms with Crippen LogP contribution in [0.5, 0.6) is 0 Å². The molecule has 0 amide bonds. The number of hydrogen-bond acceptors (Lipinski definition) is 0. The molecule has 1 radical (unpaired) electrons. The Morgan fingerprint density at radius 3 is 2.73 bits per heavy atom. The number of nitrogens with zero attached hydrogens (tertiary/aromatic N) is 1. The van der Waals surface area contributed by atoms with Crippen LogP contribution in [0.4, 0.5) is 0 Å². The summed E-state index contributed by atoms with van der Waals surface area (Å²) in [5.41, 5.74) is 0.974. The van der Waals surface area contributed by atoms with Crippen LogP contribution in [0.1, 0.15) is 5.56 Å². The lowest BCUT2D eigenvalue weighted by atomic mass is 10.2. The van der Waals surface area contributed by atoms with Gasteiger partial charge in [0.1, 0.15) is 0 Å². The van der Waals surface area contributed by atoms with Crippen molar-refractivity contribution in [2.24, 2.45) is 0 Å². The summed E-state index contributed by atoms with van der Waals surface area (Å²) in [4.78, 5) is 0. The first-order valence-corrected chi connectivity index (χ1v) is 3.99. The molecule has 11 heavy (non-hydrogen) atoms. The molecule has 0 atom stereocenters. The van der Waals surface area contributed by atoms with Gasteiger partial charge in [0, 0.05) is 23.6 Å². The Labute approximate surface area is 76.3 Å². The van der Waals surface area contributed by atoms with E-state index in [-0.39, 0.29) is 0 Å². The predicted octanol–water partition coefficient (Wildman–Crippen LogP) is 2.73. The first-order valence-electron chi connectivity index (χ1n) is 3.23. The Bertz CT molecular complexity index is 248. The fourth-order valence-corrected chi connectivity index (χ4v) is 1.21. The molecule has 1 rings (SSSR count). The number of hydrogen-bond donors (Lipinski definition) is 0. The zero-order chi connectivity index (χ0) is 8.27. The van der Waals surface area contributed by atoms with Gasteiger partial charge in [0.25, 0.3) is 0 Å². The molecule has 0 saturated carbocycles. The molecular weight excluding hydrogens is 181 g/mol. The summed E-state index contributed by atoms with van der Waals surface area (Å²) < 4.78 is 0. The quantitative estimate of drug-likeness (QED) is 0.679. The maximum absolute atomic E-state index is 5.86. The molecular formula is C8H8Cl2N. The third-order valence-electron chi connectivity index (χ3n) is 1.34. The molecule has 0 fully saturated rings. The Hall–Kier alpha value is -0.240. The summed E-state index contributed by atoms with van der Waals surface area (Å²) in [6, 6.07) is 5.38. The molecule has 0 unspecified atom stereocenters. The molecule has 0 spiro atoms. The van der Waals surface area contributed by atoms with Crippen molar-refractivity contribution in [3.8, 4) is 0 Å². The minimum atomic E-state index is 0.624. The lowest BCUT2D eigenvalue weighted by molar-refractivity contribution is 0.800. The van der Waals surface area contributed by atoms with Crippen LogP contribution >= 0.6 is 23.2 Å². The van der Waals surface area contributed by atoms with Crippen molar-refractivity contribution in [3.05, 3.63) is 33.8 Å². The molecule has 0 bridgehead atoms. The van der Waals surface area contributed by atoms with Gasteiger partial charge in [-0.15, -0.1) is 0 Å². The fraction of sp³-hybridized carbons (Fsp3) is 0.250. The van der Waals surface area contributed by atoms with E-state index in [4.69, 9.17) is 23.2 Å². The molecule has 0 aromatic heterocycles. The van der Waals surface area contributed by atoms with Crippen LogP contribution in [0.3, 0.4) is 0 Å². The molecule has 0 N–H and O–H groups in total. The molecule has 3 heteroatoms. The van der Waals surface area contributed by atoms with Crippen LogP contribution in [0.2, 0.25) is 10.0 Å². The molecule has 0 heterocycles. The van der Waals surface area contributed by atoms with Crippen molar-refractivity contribution in [1.82, 2.24) is 5.32 Å². The minimum absolute atomic E-state index is 0.624. The van der Waals surface area contributed by atoms with E-state index in [9.17, 15) is 0 Å². The van der Waals surface area contributed by atoms with E-state index < -0.39 is 0 Å². The van der Waals surface area contributed by atoms with Crippen molar-refractivity contribution in [1.29, 1.82) is 0 Å². The Balaban J connectivity index is 2.93. The number of rotatable bonds is 2. The molecule has 1 nitrogen and oxygen atoms in total. The highest BCUT2D eigenvalue weighted by Gasteiger charge is 1.99. The van der Waals surface area contributed by atoms with Crippen molar-refractivity contribution >= 4 is 23.2 Å². The molecule has 1 aromatic rings. The SMILES string of the molecule is C[N]Cc1cc(Cl)ccc1Cl. The van der Waals surface area contributed by atoms with Gasteiger partial charge in [-0.3, -0.25) is 0 Å². The van der Waals surface area contributed by atoms with Crippen molar-refractivity contribution < 1.29 is 0 Å². The smallest absolute Gasteiger partial charge is 0.0452 e. The summed E-state index contributed by atoms with van der Waals surface area (Å²) in [6.07, 6.45) is 0. The van der Waals surface area contributed by atoms with Gasteiger partial charge in [0.2, 0.25) is 0 Å². The second-order valence-corrected chi connectivity index (χ2v) is 3.05. The van der Waals surface area contributed by atoms with Gasteiger partial charge in [0.05, 0.1) is 0 Å². The maximum atomic E-state index is 5.86. The zero-order valence-electron chi connectivity index (χ0n) is 6.14. The number of halogens is 2. The monoisotopic (exact) mass is 188 g/mol. The van der Waals surface area contributed by atoms with Crippen LogP contribution < -0.4 is 5.32 Å². The van der Waals surface area contributed by atoms with Crippen molar-refractivity contribution in [2.45, 2.75) is 6.54 Å². The van der Waals surface area contributed by atoms with Crippen molar-refractivity contribution in [3.63, 3.8) is 0 Å². The molecule has 1 aromatic carbocycles. The normalized spacial score (nSPS) is 10.1. The third kappa shape index (κ3) is 2.37. The Morgan fingerprint density at radius 1 is 1.36 bits per heavy atom. The lowest BCUT2D eigenvalue weighted by Gasteiger charge is -2.01. The topological polar surface area (TPSA) is 14.1 Å². The highest BCUT2D eigenvalue weighted by molar-refractivity contribution is 6.33. The van der Waals surface area contributed by atoms with Crippen LogP contribution in [0.15, 0.2) is 18.2 Å². The molecule has 0 aliphatic heterocycles. The van der Waals surface area contributed by atoms with Gasteiger partial charge in [-0.05, 0) is 23.8 Å². The van der Waals surface area contributed by atoms with Crippen molar-refractivity contribution in [2.75, 3.05) is 7.05 Å². The number of benzene rings is 1. The Kier molecular flexibility index (Phi) is 3.18. The summed E-state index contributed by atoms with van der Waals surface area (Å²) in [5, 5.41) is 5.39. The molecule has 59 valence electrons. The summed E-state index contributed by atoms with van der Waals surface area (Å²) >= 11 is 11.6. The van der Waals surface area contributed by atoms with E-state index in [1.807, 2.05) is 6.07 Å². The predicted molar refractivity (Wildman–Crippen MR) is 48.2 cm³/mol. The van der Waals surface area contributed by atoms with E-state index in [1.54, 1.807) is 19.2 Å². The van der Waals surface area contributed by atoms with Gasteiger partial charge >= 0.3 is 0 Å². The first-order chi connectivity index (χ1) is 5.24. The highest BCUT2D eigenvalue weighted by atomic mass is 35.5. The average molecular weight is 189 g/mol. The lowest BCUT2D eigenvalue weighted by Crippen LogP contribution is -1.97. The second kappa shape index (κ2) is 3.96. The van der Waals surface area contributed by atoms with Crippen LogP contribution in [0.25, 0.3) is 0 Å². The second-order valence-electron chi connectivity index (χ2n) is 2.21. The largest absolute Gasteiger partial charge is 0.240 e. The van der Waals surface area contributed by atoms with E-state index >= 15 is 0 Å². The summed E-state index contributed by atoms with van der Waals surface area (Å²) in [7, 11) is 1.75. The highest BCUT2D eigenvalue weighted by Crippen LogP contribution is 2.20. The van der Waals surface area contributed by atoms with E-state index in [0.717, 1.165) is 10.6 Å². The van der Waals surface area contributed by atoms with Gasteiger partial charge in [-0.2, -0.15) is 0 Å². The standard InChI is InChI=1S/C8H8Cl2N/c1-11-5-6-4-7(9)2-3-8(6)10/h2-4H,5H2,1H3. The Morgan fingerprint density at radius 2 is 2.09 bits per heavy atom. The van der Waals surface area contributed by atoms with E-state index in [0.29, 0.717) is 11.6 Å². The molecule has 0 aliphatic rings. The van der Waals surface area contributed by atoms with Gasteiger partial charge in [0.15, 0.2) is 0 Å². The maximum Gasteiger partial charge on any atom is 0.0452 e. The van der Waals surface area contributed by atoms with Crippen LogP contribution in [-0.2, 0) is 6.54 Å². The van der Waals surface area contributed by atoms with Gasteiger partial charge < -0.3 is 0 Å². The third-order valence-corrected chi connectivity index (χ3v) is 1.94. The van der Waals surface area contributed by atoms with Gasteiger partial charge in [-0.1, -0.05) is 23.2 Å². The fourth-order valence-electron chi connectivity index (χ4n) is 0.835. The zero-order valence-corrected chi connectivity index (χ0v) is 7.65. The average Bonchev–Trinajstić information content (AvgIpc) is 1.98. The van der Waals surface area contributed by atoms with Crippen LogP contribution in [0, 0.1) is 0 Å².